The Morgan fingerprint density at radius 3 is 2.56 bits per heavy atom. The molecule has 0 saturated carbocycles. The van der Waals surface area contributed by atoms with Gasteiger partial charge in [-0.15, -0.1) is 11.3 Å². The normalized spacial score (nSPS) is 19.6. The van der Waals surface area contributed by atoms with E-state index in [1.165, 1.54) is 27.8 Å². The van der Waals surface area contributed by atoms with E-state index in [2.05, 4.69) is 15.3 Å². The van der Waals surface area contributed by atoms with E-state index in [0.29, 0.717) is 24.5 Å². The molecule has 1 amide bonds. The number of nitrogens with zero attached hydrogens (tertiary/aromatic N) is 3. The first-order chi connectivity index (χ1) is 15.3. The third-order valence-electron chi connectivity index (χ3n) is 4.96. The highest BCUT2D eigenvalue weighted by atomic mass is 32.2. The number of benzene rings is 1. The zero-order chi connectivity index (χ0) is 22.7. The predicted octanol–water partition coefficient (Wildman–Crippen LogP) is 3.18. The molecule has 2 atom stereocenters. The van der Waals surface area contributed by atoms with Crippen LogP contribution in [-0.2, 0) is 26.0 Å². The van der Waals surface area contributed by atoms with Gasteiger partial charge < -0.3 is 10.1 Å². The van der Waals surface area contributed by atoms with Crippen molar-refractivity contribution in [1.29, 1.82) is 0 Å². The van der Waals surface area contributed by atoms with Crippen LogP contribution in [0.3, 0.4) is 0 Å². The summed E-state index contributed by atoms with van der Waals surface area (Å²) in [7, 11) is -3.62. The molecule has 10 heteroatoms. The molecule has 1 aliphatic heterocycles. The van der Waals surface area contributed by atoms with Crippen LogP contribution in [0, 0.1) is 0 Å². The average Bonchev–Trinajstić information content (AvgIpc) is 3.22. The maximum Gasteiger partial charge on any atom is 0.243 e. The monoisotopic (exact) mass is 472 g/mol. The van der Waals surface area contributed by atoms with Crippen molar-refractivity contribution in [2.75, 3.05) is 18.4 Å². The van der Waals surface area contributed by atoms with Gasteiger partial charge in [-0.05, 0) is 50.2 Å². The fraction of sp³-hybridized carbons (Fsp3) is 0.318. The van der Waals surface area contributed by atoms with Crippen LogP contribution in [0.25, 0.3) is 10.6 Å². The Morgan fingerprint density at radius 1 is 1.19 bits per heavy atom. The molecule has 0 bridgehead atoms. The van der Waals surface area contributed by atoms with Crippen LogP contribution in [0.4, 0.5) is 5.69 Å². The molecule has 2 unspecified atom stereocenters. The van der Waals surface area contributed by atoms with Gasteiger partial charge in [0.1, 0.15) is 5.01 Å². The molecule has 8 nitrogen and oxygen atoms in total. The van der Waals surface area contributed by atoms with Crippen molar-refractivity contribution in [2.24, 2.45) is 0 Å². The number of anilines is 1. The minimum Gasteiger partial charge on any atom is -0.373 e. The molecule has 1 aromatic carbocycles. The van der Waals surface area contributed by atoms with Crippen LogP contribution in [0.5, 0.6) is 0 Å². The first kappa shape index (κ1) is 22.5. The first-order valence-corrected chi connectivity index (χ1v) is 12.5. The van der Waals surface area contributed by atoms with Gasteiger partial charge in [-0.3, -0.25) is 9.78 Å². The molecular formula is C22H24N4O4S2. The van der Waals surface area contributed by atoms with E-state index < -0.39 is 10.0 Å². The van der Waals surface area contributed by atoms with Gasteiger partial charge in [0.2, 0.25) is 15.9 Å². The number of ether oxygens (including phenoxy) is 1. The molecule has 1 aliphatic rings. The van der Waals surface area contributed by atoms with Crippen molar-refractivity contribution in [2.45, 2.75) is 37.4 Å². The van der Waals surface area contributed by atoms with E-state index in [0.717, 1.165) is 10.6 Å². The largest absolute Gasteiger partial charge is 0.373 e. The molecule has 0 radical (unpaired) electrons. The van der Waals surface area contributed by atoms with E-state index in [9.17, 15) is 13.2 Å². The predicted molar refractivity (Wildman–Crippen MR) is 123 cm³/mol. The lowest BCUT2D eigenvalue weighted by molar-refractivity contribution is -0.115. The molecule has 32 heavy (non-hydrogen) atoms. The molecule has 3 aromatic rings. The molecule has 1 saturated heterocycles. The summed E-state index contributed by atoms with van der Waals surface area (Å²) in [5.74, 6) is -0.223. The highest BCUT2D eigenvalue weighted by Gasteiger charge is 2.32. The maximum atomic E-state index is 12.9. The second-order valence-corrected chi connectivity index (χ2v) is 10.5. The summed E-state index contributed by atoms with van der Waals surface area (Å²) in [4.78, 5) is 21.2. The zero-order valence-electron chi connectivity index (χ0n) is 17.8. The van der Waals surface area contributed by atoms with Crippen LogP contribution < -0.4 is 5.32 Å². The number of carbonyl (C=O) groups is 1. The SMILES string of the molecule is CC1CN(S(=O)(=O)c2ccc(NC(=O)Cc3csc(-c4cccnc4)n3)cc2)CC(C)O1. The third kappa shape index (κ3) is 5.21. The van der Waals surface area contributed by atoms with Gasteiger partial charge in [-0.25, -0.2) is 13.4 Å². The van der Waals surface area contributed by atoms with Crippen LogP contribution in [0.2, 0.25) is 0 Å². The van der Waals surface area contributed by atoms with Gasteiger partial charge in [0.05, 0.1) is 29.2 Å². The Kier molecular flexibility index (Phi) is 6.66. The second-order valence-electron chi connectivity index (χ2n) is 7.71. The minimum atomic E-state index is -3.62. The Morgan fingerprint density at radius 2 is 1.91 bits per heavy atom. The molecule has 2 aromatic heterocycles. The number of thiazole rings is 1. The smallest absolute Gasteiger partial charge is 0.243 e. The summed E-state index contributed by atoms with van der Waals surface area (Å²) < 4.78 is 33.0. The summed E-state index contributed by atoms with van der Waals surface area (Å²) in [6.07, 6.45) is 3.24. The second kappa shape index (κ2) is 9.45. The molecule has 0 aliphatic carbocycles. The van der Waals surface area contributed by atoms with E-state index in [1.54, 1.807) is 24.5 Å². The number of amides is 1. The Bertz CT molecular complexity index is 1170. The van der Waals surface area contributed by atoms with Crippen LogP contribution in [0.1, 0.15) is 19.5 Å². The number of carbonyl (C=O) groups excluding carboxylic acids is 1. The number of aromatic nitrogens is 2. The van der Waals surface area contributed by atoms with E-state index in [-0.39, 0.29) is 29.4 Å². The number of hydrogen-bond donors (Lipinski definition) is 1. The van der Waals surface area contributed by atoms with Crippen LogP contribution >= 0.6 is 11.3 Å². The number of morpholine rings is 1. The van der Waals surface area contributed by atoms with E-state index >= 15 is 0 Å². The van der Waals surface area contributed by atoms with Crippen molar-refractivity contribution in [3.05, 3.63) is 59.9 Å². The topological polar surface area (TPSA) is 101 Å². The molecular weight excluding hydrogens is 448 g/mol. The third-order valence-corrected chi connectivity index (χ3v) is 7.75. The van der Waals surface area contributed by atoms with Gasteiger partial charge >= 0.3 is 0 Å². The average molecular weight is 473 g/mol. The van der Waals surface area contributed by atoms with Gasteiger partial charge in [0.15, 0.2) is 0 Å². The number of nitrogens with one attached hydrogen (secondary N) is 1. The molecule has 1 fully saturated rings. The first-order valence-electron chi connectivity index (χ1n) is 10.2. The van der Waals surface area contributed by atoms with Crippen molar-refractivity contribution in [3.63, 3.8) is 0 Å². The quantitative estimate of drug-likeness (QED) is 0.591. The van der Waals surface area contributed by atoms with Gasteiger partial charge in [0.25, 0.3) is 0 Å². The summed E-state index contributed by atoms with van der Waals surface area (Å²) in [6, 6.07) is 9.98. The number of pyridine rings is 1. The Balaban J connectivity index is 1.38. The van der Waals surface area contributed by atoms with Crippen LogP contribution in [0.15, 0.2) is 59.1 Å². The summed E-state index contributed by atoms with van der Waals surface area (Å²) in [5, 5.41) is 5.45. The van der Waals surface area contributed by atoms with Gasteiger partial charge in [0, 0.05) is 42.1 Å². The standard InChI is InChI=1S/C22H24N4O4S2/c1-15-12-26(13-16(2)30-15)32(28,29)20-7-5-18(6-8-20)24-21(27)10-19-14-31-22(25-19)17-4-3-9-23-11-17/h3-9,11,14-16H,10,12-13H2,1-2H3,(H,24,27). The minimum absolute atomic E-state index is 0.125. The van der Waals surface area contributed by atoms with Gasteiger partial charge in [-0.1, -0.05) is 0 Å². The number of sulfonamides is 1. The number of rotatable bonds is 6. The highest BCUT2D eigenvalue weighted by Crippen LogP contribution is 2.24. The Labute approximate surface area is 191 Å². The van der Waals surface area contributed by atoms with Crippen molar-refractivity contribution < 1.29 is 17.9 Å². The van der Waals surface area contributed by atoms with Crippen LogP contribution in [-0.4, -0.2) is 53.9 Å². The van der Waals surface area contributed by atoms with E-state index in [4.69, 9.17) is 4.74 Å². The number of hydrogen-bond acceptors (Lipinski definition) is 7. The fourth-order valence-electron chi connectivity index (χ4n) is 3.57. The van der Waals surface area contributed by atoms with Crippen molar-refractivity contribution in [1.82, 2.24) is 14.3 Å². The lowest BCUT2D eigenvalue weighted by atomic mass is 10.2. The van der Waals surface area contributed by atoms with Gasteiger partial charge in [-0.2, -0.15) is 4.31 Å². The molecule has 0 spiro atoms. The molecule has 3 heterocycles. The molecule has 4 rings (SSSR count). The van der Waals surface area contributed by atoms with E-state index in [1.807, 2.05) is 31.4 Å². The van der Waals surface area contributed by atoms with Crippen molar-refractivity contribution in [3.8, 4) is 10.6 Å². The Hall–Kier alpha value is -2.66. The maximum absolute atomic E-state index is 12.9. The summed E-state index contributed by atoms with van der Waals surface area (Å²) in [5.41, 5.74) is 2.10. The fourth-order valence-corrected chi connectivity index (χ4v) is 5.97. The lowest BCUT2D eigenvalue weighted by Crippen LogP contribution is -2.48. The van der Waals surface area contributed by atoms with Crippen molar-refractivity contribution >= 4 is 33.0 Å². The molecule has 1 N–H and O–H groups in total. The summed E-state index contributed by atoms with van der Waals surface area (Å²) in [6.45, 7) is 4.36. The summed E-state index contributed by atoms with van der Waals surface area (Å²) >= 11 is 1.46. The molecule has 168 valence electrons. The highest BCUT2D eigenvalue weighted by molar-refractivity contribution is 7.89. The zero-order valence-corrected chi connectivity index (χ0v) is 19.4. The lowest BCUT2D eigenvalue weighted by Gasteiger charge is -2.34.